The minimum absolute atomic E-state index is 0.0184. The Balaban J connectivity index is 2.72. The van der Waals surface area contributed by atoms with Crippen LogP contribution in [-0.2, 0) is 9.53 Å². The molecule has 0 aliphatic rings. The number of methoxy groups -OCH3 is 1. The molecule has 0 aliphatic heterocycles. The third-order valence-electron chi connectivity index (χ3n) is 1.50. The lowest BCUT2D eigenvalue weighted by molar-refractivity contribution is -0.119. The SMILES string of the molecule is COCC(=O)Nc1ccc(O)cc1F. The van der Waals surface area contributed by atoms with E-state index < -0.39 is 11.7 Å². The molecule has 2 N–H and O–H groups in total. The standard InChI is InChI=1S/C9H10FNO3/c1-14-5-9(13)11-8-3-2-6(12)4-7(8)10/h2-4,12H,5H2,1H3,(H,11,13). The summed E-state index contributed by atoms with van der Waals surface area (Å²) in [6, 6.07) is 3.48. The molecule has 76 valence electrons. The predicted octanol–water partition coefficient (Wildman–Crippen LogP) is 1.12. The van der Waals surface area contributed by atoms with E-state index in [-0.39, 0.29) is 18.0 Å². The van der Waals surface area contributed by atoms with Gasteiger partial charge in [0.25, 0.3) is 0 Å². The highest BCUT2D eigenvalue weighted by atomic mass is 19.1. The van der Waals surface area contributed by atoms with Crippen molar-refractivity contribution in [1.82, 2.24) is 0 Å². The van der Waals surface area contributed by atoms with Crippen molar-refractivity contribution in [2.45, 2.75) is 0 Å². The van der Waals surface area contributed by atoms with Gasteiger partial charge in [0.1, 0.15) is 18.2 Å². The molecule has 5 heteroatoms. The van der Waals surface area contributed by atoms with E-state index in [9.17, 15) is 9.18 Å². The first-order valence-corrected chi connectivity index (χ1v) is 3.91. The highest BCUT2D eigenvalue weighted by molar-refractivity contribution is 5.91. The summed E-state index contributed by atoms with van der Waals surface area (Å²) in [6.07, 6.45) is 0. The third kappa shape index (κ3) is 2.70. The number of carbonyl (C=O) groups excluding carboxylic acids is 1. The second kappa shape index (κ2) is 4.57. The van der Waals surface area contributed by atoms with Crippen molar-refractivity contribution >= 4 is 11.6 Å². The third-order valence-corrected chi connectivity index (χ3v) is 1.50. The van der Waals surface area contributed by atoms with Crippen LogP contribution in [0.15, 0.2) is 18.2 Å². The van der Waals surface area contributed by atoms with Gasteiger partial charge in [0.05, 0.1) is 5.69 Å². The number of ether oxygens (including phenoxy) is 1. The minimum Gasteiger partial charge on any atom is -0.508 e. The van der Waals surface area contributed by atoms with Crippen LogP contribution in [0.1, 0.15) is 0 Å². The fraction of sp³-hybridized carbons (Fsp3) is 0.222. The molecule has 4 nitrogen and oxygen atoms in total. The van der Waals surface area contributed by atoms with E-state index in [1.807, 2.05) is 0 Å². The molecule has 0 radical (unpaired) electrons. The molecule has 0 aromatic heterocycles. The number of nitrogens with one attached hydrogen (secondary N) is 1. The van der Waals surface area contributed by atoms with E-state index in [4.69, 9.17) is 5.11 Å². The van der Waals surface area contributed by atoms with Crippen LogP contribution in [0.3, 0.4) is 0 Å². The lowest BCUT2D eigenvalue weighted by Crippen LogP contribution is -2.17. The smallest absolute Gasteiger partial charge is 0.250 e. The number of benzene rings is 1. The molecule has 0 spiro atoms. The van der Waals surface area contributed by atoms with Crippen LogP contribution in [0.25, 0.3) is 0 Å². The number of aromatic hydroxyl groups is 1. The van der Waals surface area contributed by atoms with E-state index in [1.165, 1.54) is 19.2 Å². The first-order valence-electron chi connectivity index (χ1n) is 3.91. The van der Waals surface area contributed by atoms with Gasteiger partial charge < -0.3 is 15.2 Å². The van der Waals surface area contributed by atoms with E-state index in [1.54, 1.807) is 0 Å². The molecule has 1 aromatic rings. The number of amides is 1. The summed E-state index contributed by atoms with van der Waals surface area (Å²) in [5.41, 5.74) is 0.0184. The van der Waals surface area contributed by atoms with E-state index in [0.717, 1.165) is 6.07 Å². The number of phenolic OH excluding ortho intramolecular Hbond substituents is 1. The van der Waals surface area contributed by atoms with E-state index >= 15 is 0 Å². The summed E-state index contributed by atoms with van der Waals surface area (Å²) < 4.78 is 17.6. The summed E-state index contributed by atoms with van der Waals surface area (Å²) in [5, 5.41) is 11.2. The fourth-order valence-electron chi connectivity index (χ4n) is 0.923. The molecular weight excluding hydrogens is 189 g/mol. The van der Waals surface area contributed by atoms with Crippen LogP contribution in [0.2, 0.25) is 0 Å². The molecule has 1 aromatic carbocycles. The number of halogens is 1. The van der Waals surface area contributed by atoms with Crippen LogP contribution in [0.4, 0.5) is 10.1 Å². The maximum Gasteiger partial charge on any atom is 0.250 e. The summed E-state index contributed by atoms with van der Waals surface area (Å²) in [4.78, 5) is 11.0. The Morgan fingerprint density at radius 1 is 1.64 bits per heavy atom. The van der Waals surface area contributed by atoms with Crippen LogP contribution in [0.5, 0.6) is 5.75 Å². The molecule has 14 heavy (non-hydrogen) atoms. The first kappa shape index (κ1) is 10.5. The van der Waals surface area contributed by atoms with Gasteiger partial charge in [-0.1, -0.05) is 0 Å². The molecule has 0 saturated carbocycles. The Kier molecular flexibility index (Phi) is 3.41. The number of anilines is 1. The van der Waals surface area contributed by atoms with Gasteiger partial charge in [-0.15, -0.1) is 0 Å². The summed E-state index contributed by atoms with van der Waals surface area (Å²) in [7, 11) is 1.37. The number of hydrogen-bond acceptors (Lipinski definition) is 3. The van der Waals surface area contributed by atoms with Gasteiger partial charge in [0.2, 0.25) is 5.91 Å². The number of carbonyl (C=O) groups is 1. The Bertz CT molecular complexity index is 341. The van der Waals surface area contributed by atoms with Crippen LogP contribution < -0.4 is 5.32 Å². The van der Waals surface area contributed by atoms with E-state index in [2.05, 4.69) is 10.1 Å². The van der Waals surface area contributed by atoms with Gasteiger partial charge >= 0.3 is 0 Å². The van der Waals surface area contributed by atoms with Crippen molar-refractivity contribution in [3.8, 4) is 5.75 Å². The maximum atomic E-state index is 13.0. The van der Waals surface area contributed by atoms with Crippen molar-refractivity contribution in [2.75, 3.05) is 19.0 Å². The Morgan fingerprint density at radius 3 is 2.93 bits per heavy atom. The summed E-state index contributed by atoms with van der Waals surface area (Å²) in [5.74, 6) is -1.32. The van der Waals surface area contributed by atoms with Crippen molar-refractivity contribution < 1.29 is 19.0 Å². The average molecular weight is 199 g/mol. The molecule has 0 fully saturated rings. The van der Waals surface area contributed by atoms with Crippen molar-refractivity contribution in [3.63, 3.8) is 0 Å². The van der Waals surface area contributed by atoms with Crippen molar-refractivity contribution in [1.29, 1.82) is 0 Å². The zero-order valence-electron chi connectivity index (χ0n) is 7.58. The zero-order valence-corrected chi connectivity index (χ0v) is 7.58. The van der Waals surface area contributed by atoms with Crippen LogP contribution in [-0.4, -0.2) is 24.7 Å². The quantitative estimate of drug-likeness (QED) is 0.717. The molecule has 0 heterocycles. The molecular formula is C9H10FNO3. The number of hydrogen-bond donors (Lipinski definition) is 2. The number of rotatable bonds is 3. The molecule has 0 unspecified atom stereocenters. The second-order valence-corrected chi connectivity index (χ2v) is 2.65. The van der Waals surface area contributed by atoms with Crippen LogP contribution in [0, 0.1) is 5.82 Å². The Labute approximate surface area is 80.3 Å². The lowest BCUT2D eigenvalue weighted by atomic mass is 10.3. The molecule has 0 saturated heterocycles. The monoisotopic (exact) mass is 199 g/mol. The van der Waals surface area contributed by atoms with Crippen molar-refractivity contribution in [3.05, 3.63) is 24.0 Å². The highest BCUT2D eigenvalue weighted by Crippen LogP contribution is 2.18. The normalized spacial score (nSPS) is 9.86. The largest absolute Gasteiger partial charge is 0.508 e. The van der Waals surface area contributed by atoms with Gasteiger partial charge in [-0.25, -0.2) is 4.39 Å². The molecule has 0 atom stereocenters. The van der Waals surface area contributed by atoms with E-state index in [0.29, 0.717) is 0 Å². The second-order valence-electron chi connectivity index (χ2n) is 2.65. The van der Waals surface area contributed by atoms with Gasteiger partial charge in [-0.2, -0.15) is 0 Å². The van der Waals surface area contributed by atoms with Gasteiger partial charge in [-0.3, -0.25) is 4.79 Å². The zero-order chi connectivity index (χ0) is 10.6. The van der Waals surface area contributed by atoms with Gasteiger partial charge in [0, 0.05) is 13.2 Å². The maximum absolute atomic E-state index is 13.0. The highest BCUT2D eigenvalue weighted by Gasteiger charge is 2.06. The summed E-state index contributed by atoms with van der Waals surface area (Å²) in [6.45, 7) is -0.139. The Morgan fingerprint density at radius 2 is 2.36 bits per heavy atom. The number of phenols is 1. The molecule has 1 rings (SSSR count). The Hall–Kier alpha value is -1.62. The molecule has 0 aliphatic carbocycles. The first-order chi connectivity index (χ1) is 6.63. The van der Waals surface area contributed by atoms with Crippen LogP contribution >= 0.6 is 0 Å². The average Bonchev–Trinajstić information content (AvgIpc) is 2.10. The minimum atomic E-state index is -0.686. The van der Waals surface area contributed by atoms with Gasteiger partial charge in [0.15, 0.2) is 0 Å². The molecule has 0 bridgehead atoms. The van der Waals surface area contributed by atoms with Gasteiger partial charge in [-0.05, 0) is 12.1 Å². The topological polar surface area (TPSA) is 58.6 Å². The fourth-order valence-corrected chi connectivity index (χ4v) is 0.923. The van der Waals surface area contributed by atoms with Crippen molar-refractivity contribution in [2.24, 2.45) is 0 Å². The molecule has 1 amide bonds. The predicted molar refractivity (Wildman–Crippen MR) is 48.6 cm³/mol. The lowest BCUT2D eigenvalue weighted by Gasteiger charge is -2.05. The summed E-state index contributed by atoms with van der Waals surface area (Å²) >= 11 is 0.